The van der Waals surface area contributed by atoms with Crippen LogP contribution >= 0.6 is 11.6 Å². The molecule has 0 aromatic rings. The van der Waals surface area contributed by atoms with Gasteiger partial charge in [-0.1, -0.05) is 0 Å². The van der Waals surface area contributed by atoms with E-state index >= 15 is 0 Å². The maximum Gasteiger partial charge on any atom is 0.246 e. The van der Waals surface area contributed by atoms with Crippen molar-refractivity contribution in [3.8, 4) is 0 Å². The van der Waals surface area contributed by atoms with Crippen LogP contribution in [0.2, 0.25) is 0 Å². The molecule has 11 heteroatoms. The summed E-state index contributed by atoms with van der Waals surface area (Å²) in [6, 6.07) is -0.299. The van der Waals surface area contributed by atoms with Gasteiger partial charge in [0.1, 0.15) is 19.0 Å². The molecule has 8 nitrogen and oxygen atoms in total. The number of halogens is 3. The zero-order chi connectivity index (χ0) is 25.5. The molecule has 5 N–H and O–H groups in total. The van der Waals surface area contributed by atoms with Gasteiger partial charge in [-0.2, -0.15) is 0 Å². The Hall–Kier alpha value is -1.07. The Morgan fingerprint density at radius 2 is 1.81 bits per heavy atom. The lowest BCUT2D eigenvalue weighted by Gasteiger charge is -2.56. The van der Waals surface area contributed by atoms with Crippen molar-refractivity contribution in [3.63, 3.8) is 0 Å². The molecule has 7 unspecified atom stereocenters. The molecule has 204 valence electrons. The fraction of sp³-hybridized carbons (Fsp3) is 0.920. The molecule has 36 heavy (non-hydrogen) atoms. The van der Waals surface area contributed by atoms with E-state index in [4.69, 9.17) is 16.3 Å². The number of carbonyl (C=O) groups is 2. The van der Waals surface area contributed by atoms with Gasteiger partial charge in [-0.15, -0.1) is 11.6 Å². The number of hydrogen-bond donors (Lipinski definition) is 5. The number of rotatable bonds is 6. The van der Waals surface area contributed by atoms with E-state index in [9.17, 15) is 23.5 Å². The highest BCUT2D eigenvalue weighted by Crippen LogP contribution is 2.47. The fourth-order valence-electron chi connectivity index (χ4n) is 7.01. The maximum atomic E-state index is 13.8. The summed E-state index contributed by atoms with van der Waals surface area (Å²) in [5.74, 6) is -0.411. The zero-order valence-electron chi connectivity index (χ0n) is 20.6. The van der Waals surface area contributed by atoms with Crippen molar-refractivity contribution >= 4 is 23.4 Å². The average molecular weight is 533 g/mol. The second-order valence-electron chi connectivity index (χ2n) is 11.7. The molecule has 0 spiro atoms. The quantitative estimate of drug-likeness (QED) is 0.330. The first kappa shape index (κ1) is 26.5. The van der Waals surface area contributed by atoms with Gasteiger partial charge < -0.3 is 31.1 Å². The summed E-state index contributed by atoms with van der Waals surface area (Å²) in [4.78, 5) is 25.8. The Labute approximate surface area is 216 Å². The lowest BCUT2D eigenvalue weighted by molar-refractivity contribution is -0.140. The smallest absolute Gasteiger partial charge is 0.246 e. The van der Waals surface area contributed by atoms with E-state index in [0.717, 1.165) is 0 Å². The van der Waals surface area contributed by atoms with Crippen LogP contribution in [-0.4, -0.2) is 89.2 Å². The molecule has 8 atom stereocenters. The van der Waals surface area contributed by atoms with E-state index in [1.807, 2.05) is 0 Å². The lowest BCUT2D eigenvalue weighted by Crippen LogP contribution is -2.73. The van der Waals surface area contributed by atoms with Crippen molar-refractivity contribution in [1.29, 1.82) is 0 Å². The Bertz CT molecular complexity index is 830. The summed E-state index contributed by atoms with van der Waals surface area (Å²) in [6.45, 7) is 0.289. The second-order valence-corrected chi connectivity index (χ2v) is 12.3. The summed E-state index contributed by atoms with van der Waals surface area (Å²) < 4.78 is 33.2. The number of alkyl halides is 3. The van der Waals surface area contributed by atoms with Crippen LogP contribution in [0.3, 0.4) is 0 Å². The molecule has 1 saturated heterocycles. The van der Waals surface area contributed by atoms with Gasteiger partial charge in [-0.25, -0.2) is 8.78 Å². The van der Waals surface area contributed by atoms with Crippen LogP contribution in [0.5, 0.6) is 0 Å². The first-order valence-corrected chi connectivity index (χ1v) is 13.9. The molecule has 2 amide bonds. The predicted octanol–water partition coefficient (Wildman–Crippen LogP) is 1.37. The number of nitrogens with one attached hydrogen (secondary N) is 4. The number of aliphatic hydroxyl groups excluding tert-OH is 1. The van der Waals surface area contributed by atoms with Gasteiger partial charge in [-0.05, 0) is 64.2 Å². The van der Waals surface area contributed by atoms with Gasteiger partial charge in [0.15, 0.2) is 0 Å². The zero-order valence-corrected chi connectivity index (χ0v) is 21.4. The minimum Gasteiger partial charge on any atom is -0.391 e. The molecule has 6 fully saturated rings. The minimum absolute atomic E-state index is 0.0490. The summed E-state index contributed by atoms with van der Waals surface area (Å²) in [5.41, 5.74) is -1.23. The van der Waals surface area contributed by atoms with Crippen LogP contribution in [0.25, 0.3) is 0 Å². The van der Waals surface area contributed by atoms with Crippen LogP contribution < -0.4 is 21.3 Å². The Morgan fingerprint density at radius 3 is 2.53 bits per heavy atom. The standard InChI is InChI=1S/C25H39ClF2N4O4/c26-16-3-2-15(10-17(16)28)36-13-22(34)31-24-5-7-25(8-6-24,21(33)11-24)32-23(35)20-12-29-19-9-14(27)1-4-18(19)30-20/h14-21,29-30,33H,1-13H2,(H,31,34)(H,32,35)/t14?,15?,16?,17?,18?,19?,20?,21-,24?,25?/m0/s1. The van der Waals surface area contributed by atoms with Crippen LogP contribution in [0.15, 0.2) is 0 Å². The van der Waals surface area contributed by atoms with Gasteiger partial charge >= 0.3 is 0 Å². The van der Waals surface area contributed by atoms with Crippen molar-refractivity contribution in [2.45, 2.75) is 130 Å². The summed E-state index contributed by atoms with van der Waals surface area (Å²) >= 11 is 5.92. The summed E-state index contributed by atoms with van der Waals surface area (Å²) in [6.07, 6.45) is 2.87. The van der Waals surface area contributed by atoms with Gasteiger partial charge in [-0.3, -0.25) is 9.59 Å². The lowest BCUT2D eigenvalue weighted by atomic mass is 9.59. The van der Waals surface area contributed by atoms with E-state index in [1.54, 1.807) is 0 Å². The number of ether oxygens (including phenoxy) is 1. The molecule has 6 rings (SSSR count). The first-order chi connectivity index (χ1) is 17.2. The van der Waals surface area contributed by atoms with E-state index in [0.29, 0.717) is 70.8 Å². The number of piperazine rings is 1. The molecule has 0 aromatic heterocycles. The molecule has 0 aromatic carbocycles. The minimum atomic E-state index is -1.12. The van der Waals surface area contributed by atoms with Gasteiger partial charge in [0, 0.05) is 30.6 Å². The van der Waals surface area contributed by atoms with Crippen LogP contribution in [0.1, 0.15) is 70.6 Å². The summed E-state index contributed by atoms with van der Waals surface area (Å²) in [7, 11) is 0. The number of hydrogen-bond acceptors (Lipinski definition) is 6. The average Bonchev–Trinajstić information content (AvgIpc) is 2.85. The Morgan fingerprint density at radius 1 is 1.03 bits per heavy atom. The topological polar surface area (TPSA) is 112 Å². The van der Waals surface area contributed by atoms with Crippen molar-refractivity contribution in [3.05, 3.63) is 0 Å². The maximum absolute atomic E-state index is 13.8. The second kappa shape index (κ2) is 10.6. The largest absolute Gasteiger partial charge is 0.391 e. The van der Waals surface area contributed by atoms with E-state index in [1.165, 1.54) is 0 Å². The van der Waals surface area contributed by atoms with Crippen LogP contribution in [0, 0.1) is 0 Å². The Balaban J connectivity index is 1.10. The number of fused-ring (bicyclic) bond motifs is 4. The highest BCUT2D eigenvalue weighted by Gasteiger charge is 2.56. The fourth-order valence-corrected chi connectivity index (χ4v) is 7.24. The van der Waals surface area contributed by atoms with Crippen LogP contribution in [-0.2, 0) is 14.3 Å². The molecular weight excluding hydrogens is 494 g/mol. The third-order valence-corrected chi connectivity index (χ3v) is 9.79. The van der Waals surface area contributed by atoms with E-state index < -0.39 is 40.9 Å². The monoisotopic (exact) mass is 532 g/mol. The summed E-state index contributed by atoms with van der Waals surface area (Å²) in [5, 5.41) is 23.5. The number of amides is 2. The third-order valence-electron chi connectivity index (χ3n) is 9.30. The highest BCUT2D eigenvalue weighted by molar-refractivity contribution is 6.21. The van der Waals surface area contributed by atoms with Gasteiger partial charge in [0.25, 0.3) is 0 Å². The molecule has 5 aliphatic carbocycles. The number of carbonyl (C=O) groups excluding carboxylic acids is 2. The molecule has 1 heterocycles. The predicted molar refractivity (Wildman–Crippen MR) is 130 cm³/mol. The SMILES string of the molecule is O=C(COC1CCC(Cl)C(F)C1)NC12CCC(NC(=O)C3CNC4CC(F)CCC4N3)(CC1)[C@@H](O)C2. The molecule has 6 aliphatic rings. The van der Waals surface area contributed by atoms with Crippen molar-refractivity contribution in [2.24, 2.45) is 0 Å². The first-order valence-electron chi connectivity index (χ1n) is 13.5. The molecule has 0 radical (unpaired) electrons. The van der Waals surface area contributed by atoms with E-state index in [-0.39, 0.29) is 43.0 Å². The van der Waals surface area contributed by atoms with Gasteiger partial charge in [0.2, 0.25) is 11.8 Å². The number of aliphatic hydroxyl groups is 1. The van der Waals surface area contributed by atoms with E-state index in [2.05, 4.69) is 21.3 Å². The van der Waals surface area contributed by atoms with Crippen molar-refractivity contribution in [2.75, 3.05) is 13.2 Å². The van der Waals surface area contributed by atoms with Crippen molar-refractivity contribution < 1.29 is 28.2 Å². The van der Waals surface area contributed by atoms with Gasteiger partial charge in [0.05, 0.1) is 29.2 Å². The highest BCUT2D eigenvalue weighted by atomic mass is 35.5. The molecule has 1 aliphatic heterocycles. The molecule has 2 bridgehead atoms. The third kappa shape index (κ3) is 5.53. The molecule has 5 saturated carbocycles. The normalized spacial score (nSPS) is 46.6. The van der Waals surface area contributed by atoms with Crippen molar-refractivity contribution in [1.82, 2.24) is 21.3 Å². The van der Waals surface area contributed by atoms with Crippen LogP contribution in [0.4, 0.5) is 8.78 Å². The Kier molecular flexibility index (Phi) is 7.81. The molecular formula is C25H39ClF2N4O4.